The average molecular weight is 901 g/mol. The molecule has 0 atom stereocenters. The van der Waals surface area contributed by atoms with Gasteiger partial charge in [-0.3, -0.25) is 0 Å². The quantitative estimate of drug-likeness (QED) is 0.165. The van der Waals surface area contributed by atoms with Crippen molar-refractivity contribution in [2.75, 3.05) is 9.80 Å². The molecule has 0 amide bonds. The number of para-hydroxylation sites is 4. The van der Waals surface area contributed by atoms with Gasteiger partial charge < -0.3 is 18.6 Å². The van der Waals surface area contributed by atoms with Crippen molar-refractivity contribution in [3.63, 3.8) is 0 Å². The van der Waals surface area contributed by atoms with Gasteiger partial charge in [-0.05, 0) is 130 Å². The van der Waals surface area contributed by atoms with Crippen LogP contribution < -0.4 is 9.80 Å². The summed E-state index contributed by atoms with van der Waals surface area (Å²) in [7, 11) is 0. The molecule has 4 heterocycles. The van der Waals surface area contributed by atoms with Gasteiger partial charge in [0.25, 0.3) is 0 Å². The van der Waals surface area contributed by atoms with E-state index in [4.69, 9.17) is 0 Å². The van der Waals surface area contributed by atoms with Crippen LogP contribution in [0.15, 0.2) is 206 Å². The third-order valence-corrected chi connectivity index (χ3v) is 15.2. The van der Waals surface area contributed by atoms with Gasteiger partial charge in [0.15, 0.2) is 0 Å². The molecule has 0 bridgehead atoms. The topological polar surface area (TPSA) is 15.3 Å². The van der Waals surface area contributed by atoms with Crippen molar-refractivity contribution in [2.45, 2.75) is 52.4 Å². The molecule has 0 N–H and O–H groups in total. The zero-order valence-corrected chi connectivity index (χ0v) is 40.4. The number of hydrogen-bond donors (Lipinski definition) is 0. The largest absolute Gasteiger partial charge is 0.310 e. The van der Waals surface area contributed by atoms with Crippen LogP contribution in [0.1, 0.15) is 52.7 Å². The fourth-order valence-electron chi connectivity index (χ4n) is 12.0. The molecule has 0 aliphatic carbocycles. The van der Waals surface area contributed by atoms with Crippen molar-refractivity contribution in [1.29, 1.82) is 0 Å². The minimum atomic E-state index is -0.0122. The molecule has 0 spiro atoms. The number of benzene rings is 10. The van der Waals surface area contributed by atoms with Crippen molar-refractivity contribution >= 4 is 121 Å². The highest BCUT2D eigenvalue weighted by molar-refractivity contribution is 6.36. The standard InChI is InChI=1S/C66H52N4/c1-65(2,3)41-27-33-53-51(39-41)61-57(67(43-19-11-7-12-20-43)44-21-13-8-14-22-44)37-31-49-59-47-30-36-56-60(48(47)29-35-55(59)69(53)63(49)61)50-32-38-58(68(45-23-15-9-16-24-45)46-25-17-10-18-26-46)62-52-40-42(66(4,5)6)28-34-54(52)70(56)64(50)62/h7-40H,1-6H3. The second kappa shape index (κ2) is 14.6. The monoisotopic (exact) mass is 900 g/mol. The summed E-state index contributed by atoms with van der Waals surface area (Å²) in [5, 5.41) is 12.8. The van der Waals surface area contributed by atoms with Crippen molar-refractivity contribution in [2.24, 2.45) is 0 Å². The summed E-state index contributed by atoms with van der Waals surface area (Å²) in [6, 6.07) is 76.9. The SMILES string of the molecule is CC(C)(C)c1ccc2c(c1)c1c(N(c3ccccc3)c3ccccc3)ccc3c4c5ccc6c(c5ccc4n2c31)c1ccc(N(c2ccccc2)c2ccccc2)c2c3cc(C(C)(C)C)ccc3n6c12. The van der Waals surface area contributed by atoms with Gasteiger partial charge >= 0.3 is 0 Å². The predicted octanol–water partition coefficient (Wildman–Crippen LogP) is 18.7. The molecule has 0 unspecified atom stereocenters. The minimum Gasteiger partial charge on any atom is -0.310 e. The Balaban J connectivity index is 1.10. The molecule has 0 aliphatic heterocycles. The molecule has 0 saturated heterocycles. The number of hydrogen-bond acceptors (Lipinski definition) is 2. The number of anilines is 6. The lowest BCUT2D eigenvalue weighted by Crippen LogP contribution is -2.11. The molecule has 0 fully saturated rings. The van der Waals surface area contributed by atoms with Crippen LogP contribution in [0.25, 0.3) is 87.0 Å². The molecular weight excluding hydrogens is 849 g/mol. The summed E-state index contributed by atoms with van der Waals surface area (Å²) in [4.78, 5) is 4.88. The van der Waals surface area contributed by atoms with E-state index >= 15 is 0 Å². The van der Waals surface area contributed by atoms with Crippen molar-refractivity contribution in [3.8, 4) is 0 Å². The highest BCUT2D eigenvalue weighted by Crippen LogP contribution is 2.52. The van der Waals surface area contributed by atoms with Crippen LogP contribution in [0.5, 0.6) is 0 Å². The van der Waals surface area contributed by atoms with Crippen molar-refractivity contribution in [1.82, 2.24) is 8.80 Å². The van der Waals surface area contributed by atoms with E-state index in [1.165, 1.54) is 109 Å². The maximum absolute atomic E-state index is 2.56. The van der Waals surface area contributed by atoms with E-state index < -0.39 is 0 Å². The van der Waals surface area contributed by atoms with Crippen LogP contribution in [0.3, 0.4) is 0 Å². The lowest BCUT2D eigenvalue weighted by atomic mass is 9.86. The number of fused-ring (bicyclic) bond motifs is 15. The zero-order valence-electron chi connectivity index (χ0n) is 40.4. The summed E-state index contributed by atoms with van der Waals surface area (Å²) in [5.74, 6) is 0. The van der Waals surface area contributed by atoms with Crippen LogP contribution in [0.2, 0.25) is 0 Å². The molecule has 4 nitrogen and oxygen atoms in total. The Morgan fingerprint density at radius 3 is 0.929 bits per heavy atom. The summed E-state index contributed by atoms with van der Waals surface area (Å²) >= 11 is 0. The summed E-state index contributed by atoms with van der Waals surface area (Å²) in [6.45, 7) is 13.9. The van der Waals surface area contributed by atoms with Crippen molar-refractivity contribution in [3.05, 3.63) is 217 Å². The first-order chi connectivity index (χ1) is 34.0. The maximum Gasteiger partial charge on any atom is 0.0641 e. The highest BCUT2D eigenvalue weighted by atomic mass is 15.2. The second-order valence-corrected chi connectivity index (χ2v) is 21.4. The van der Waals surface area contributed by atoms with E-state index in [0.717, 1.165) is 22.7 Å². The average Bonchev–Trinajstić information content (AvgIpc) is 4.12. The predicted molar refractivity (Wildman–Crippen MR) is 300 cm³/mol. The van der Waals surface area contributed by atoms with Crippen LogP contribution in [0.4, 0.5) is 34.1 Å². The smallest absolute Gasteiger partial charge is 0.0641 e. The van der Waals surface area contributed by atoms with Gasteiger partial charge in [0.2, 0.25) is 0 Å². The van der Waals surface area contributed by atoms with Gasteiger partial charge in [0.05, 0.1) is 44.5 Å². The lowest BCUT2D eigenvalue weighted by Gasteiger charge is -2.26. The Labute approximate surface area is 407 Å². The maximum atomic E-state index is 2.56. The first-order valence-electron chi connectivity index (χ1n) is 24.7. The Bertz CT molecular complexity index is 3980. The molecule has 70 heavy (non-hydrogen) atoms. The van der Waals surface area contributed by atoms with Gasteiger partial charge in [0, 0.05) is 65.8 Å². The van der Waals surface area contributed by atoms with Gasteiger partial charge in [-0.2, -0.15) is 0 Å². The molecule has 336 valence electrons. The molecule has 0 radical (unpaired) electrons. The van der Waals surface area contributed by atoms with E-state index in [0.29, 0.717) is 0 Å². The molecule has 4 heteroatoms. The van der Waals surface area contributed by atoms with Crippen LogP contribution in [-0.4, -0.2) is 8.80 Å². The second-order valence-electron chi connectivity index (χ2n) is 21.4. The number of nitrogens with zero attached hydrogens (tertiary/aromatic N) is 4. The number of rotatable bonds is 6. The fraction of sp³-hybridized carbons (Fsp3) is 0.121. The zero-order chi connectivity index (χ0) is 47.2. The van der Waals surface area contributed by atoms with E-state index in [1.54, 1.807) is 0 Å². The molecule has 14 rings (SSSR count). The summed E-state index contributed by atoms with van der Waals surface area (Å²) in [5.41, 5.74) is 17.0. The van der Waals surface area contributed by atoms with Gasteiger partial charge in [-0.1, -0.05) is 151 Å². The van der Waals surface area contributed by atoms with Gasteiger partial charge in [-0.25, -0.2) is 0 Å². The molecular formula is C66H52N4. The third kappa shape index (κ3) is 5.71. The lowest BCUT2D eigenvalue weighted by molar-refractivity contribution is 0.591. The normalized spacial score (nSPS) is 12.7. The van der Waals surface area contributed by atoms with Crippen LogP contribution >= 0.6 is 0 Å². The van der Waals surface area contributed by atoms with Crippen LogP contribution in [0, 0.1) is 0 Å². The molecule has 0 saturated carbocycles. The first kappa shape index (κ1) is 40.7. The van der Waals surface area contributed by atoms with Crippen LogP contribution in [-0.2, 0) is 10.8 Å². The first-order valence-corrected chi connectivity index (χ1v) is 24.7. The molecule has 14 aromatic rings. The highest BCUT2D eigenvalue weighted by Gasteiger charge is 2.29. The Morgan fingerprint density at radius 2 is 0.600 bits per heavy atom. The van der Waals surface area contributed by atoms with Gasteiger partial charge in [0.1, 0.15) is 0 Å². The Kier molecular flexibility index (Phi) is 8.48. The third-order valence-electron chi connectivity index (χ3n) is 15.2. The van der Waals surface area contributed by atoms with E-state index in [9.17, 15) is 0 Å². The molecule has 4 aromatic heterocycles. The fourth-order valence-corrected chi connectivity index (χ4v) is 12.0. The molecule has 10 aromatic carbocycles. The van der Waals surface area contributed by atoms with Gasteiger partial charge in [-0.15, -0.1) is 0 Å². The van der Waals surface area contributed by atoms with Crippen molar-refractivity contribution < 1.29 is 0 Å². The van der Waals surface area contributed by atoms with E-state index in [1.807, 2.05) is 0 Å². The minimum absolute atomic E-state index is 0.0122. The number of aromatic nitrogens is 2. The summed E-state index contributed by atoms with van der Waals surface area (Å²) < 4.78 is 5.12. The summed E-state index contributed by atoms with van der Waals surface area (Å²) in [6.07, 6.45) is 0. The molecule has 0 aliphatic rings. The van der Waals surface area contributed by atoms with E-state index in [2.05, 4.69) is 266 Å². The van der Waals surface area contributed by atoms with E-state index in [-0.39, 0.29) is 10.8 Å². The Hall–Kier alpha value is -8.34. The Morgan fingerprint density at radius 1 is 0.286 bits per heavy atom.